The minimum atomic E-state index is -4.18. The van der Waals surface area contributed by atoms with Crippen LogP contribution in [0.5, 0.6) is 5.75 Å². The minimum absolute atomic E-state index is 0.166. The first-order valence-corrected chi connectivity index (χ1v) is 9.48. The van der Waals surface area contributed by atoms with Crippen molar-refractivity contribution in [1.82, 2.24) is 0 Å². The van der Waals surface area contributed by atoms with Gasteiger partial charge in [-0.05, 0) is 47.4 Å². The number of hydrogen-bond donors (Lipinski definition) is 0. The summed E-state index contributed by atoms with van der Waals surface area (Å²) in [6, 6.07) is 13.9. The summed E-state index contributed by atoms with van der Waals surface area (Å²) in [5.74, 6) is -1.44. The molecule has 0 N–H and O–H groups in total. The highest BCUT2D eigenvalue weighted by Crippen LogP contribution is 2.32. The second-order valence-corrected chi connectivity index (χ2v) is 6.88. The van der Waals surface area contributed by atoms with Gasteiger partial charge in [0.2, 0.25) is 0 Å². The van der Waals surface area contributed by atoms with Crippen molar-refractivity contribution < 1.29 is 31.1 Å². The van der Waals surface area contributed by atoms with E-state index < -0.39 is 29.9 Å². The van der Waals surface area contributed by atoms with Crippen LogP contribution in [0.4, 0.5) is 26.3 Å². The topological polar surface area (TPSA) is 9.23 Å². The molecule has 0 aliphatic heterocycles. The minimum Gasteiger partial charge on any atom is -0.429 e. The Morgan fingerprint density at radius 1 is 0.839 bits per heavy atom. The maximum Gasteiger partial charge on any atom is 0.425 e. The van der Waals surface area contributed by atoms with Crippen LogP contribution in [0.1, 0.15) is 18.9 Å². The zero-order valence-corrected chi connectivity index (χ0v) is 16.4. The monoisotopic (exact) mass is 436 g/mol. The van der Waals surface area contributed by atoms with Crippen LogP contribution in [0.25, 0.3) is 22.3 Å². The second kappa shape index (κ2) is 9.29. The smallest absolute Gasteiger partial charge is 0.425 e. The fraction of sp³-hybridized carbons (Fsp3) is 0.167. The number of rotatable bonds is 7. The van der Waals surface area contributed by atoms with Gasteiger partial charge in [0.1, 0.15) is 17.4 Å². The van der Waals surface area contributed by atoms with Crippen molar-refractivity contribution in [2.75, 3.05) is 0 Å². The van der Waals surface area contributed by atoms with Gasteiger partial charge in [-0.3, -0.25) is 0 Å². The zero-order valence-electron chi connectivity index (χ0n) is 16.4. The van der Waals surface area contributed by atoms with Crippen molar-refractivity contribution in [3.05, 3.63) is 90.0 Å². The fourth-order valence-electron chi connectivity index (χ4n) is 3.17. The fourth-order valence-corrected chi connectivity index (χ4v) is 3.17. The van der Waals surface area contributed by atoms with E-state index in [9.17, 15) is 26.3 Å². The number of ether oxygens (including phenoxy) is 1. The van der Waals surface area contributed by atoms with E-state index >= 15 is 0 Å². The van der Waals surface area contributed by atoms with Gasteiger partial charge in [0.25, 0.3) is 6.08 Å². The Bertz CT molecular complexity index is 1090. The van der Waals surface area contributed by atoms with Crippen molar-refractivity contribution in [3.63, 3.8) is 0 Å². The third kappa shape index (κ3) is 5.69. The van der Waals surface area contributed by atoms with Crippen molar-refractivity contribution in [2.45, 2.75) is 25.9 Å². The summed E-state index contributed by atoms with van der Waals surface area (Å²) in [6.07, 6.45) is -5.72. The molecule has 0 aliphatic rings. The van der Waals surface area contributed by atoms with Crippen LogP contribution < -0.4 is 4.74 Å². The third-order valence-electron chi connectivity index (χ3n) is 4.55. The summed E-state index contributed by atoms with van der Waals surface area (Å²) in [7, 11) is 0. The van der Waals surface area contributed by atoms with Crippen molar-refractivity contribution in [1.29, 1.82) is 0 Å². The van der Waals surface area contributed by atoms with E-state index in [1.165, 1.54) is 30.3 Å². The van der Waals surface area contributed by atoms with E-state index in [0.717, 1.165) is 30.5 Å². The lowest BCUT2D eigenvalue weighted by molar-refractivity contribution is -0.133. The van der Waals surface area contributed by atoms with Crippen LogP contribution in [0.3, 0.4) is 0 Å². The van der Waals surface area contributed by atoms with Crippen LogP contribution >= 0.6 is 0 Å². The molecule has 0 fully saturated rings. The molecule has 7 heteroatoms. The molecule has 0 bridgehead atoms. The lowest BCUT2D eigenvalue weighted by Crippen LogP contribution is -2.21. The molecule has 1 nitrogen and oxygen atoms in total. The average molecular weight is 436 g/mol. The van der Waals surface area contributed by atoms with Crippen molar-refractivity contribution >= 4 is 0 Å². The van der Waals surface area contributed by atoms with E-state index in [1.807, 2.05) is 6.92 Å². The van der Waals surface area contributed by atoms with Crippen LogP contribution in [0, 0.1) is 11.6 Å². The molecule has 0 atom stereocenters. The Morgan fingerprint density at radius 3 is 2.00 bits per heavy atom. The molecule has 162 valence electrons. The standard InChI is InChI=1S/C24H18F6O/c1-2-3-15-4-10-20(21(25)12-15)17-7-11-19(22(26)13-17)16-5-8-18(9-6-16)31-24(29,30)14-23(27)28/h4-14H,2-3H2,1H3. The van der Waals surface area contributed by atoms with Gasteiger partial charge in [-0.25, -0.2) is 8.78 Å². The van der Waals surface area contributed by atoms with Crippen molar-refractivity contribution in [3.8, 4) is 28.0 Å². The van der Waals surface area contributed by atoms with Crippen LogP contribution in [0.2, 0.25) is 0 Å². The maximum atomic E-state index is 14.7. The Balaban J connectivity index is 1.83. The Morgan fingerprint density at radius 2 is 1.42 bits per heavy atom. The van der Waals surface area contributed by atoms with E-state index in [1.54, 1.807) is 18.2 Å². The molecule has 31 heavy (non-hydrogen) atoms. The molecule has 0 unspecified atom stereocenters. The zero-order chi connectivity index (χ0) is 22.6. The van der Waals surface area contributed by atoms with Gasteiger partial charge in [-0.2, -0.15) is 17.6 Å². The third-order valence-corrected chi connectivity index (χ3v) is 4.55. The highest BCUT2D eigenvalue weighted by atomic mass is 19.3. The van der Waals surface area contributed by atoms with Crippen molar-refractivity contribution in [2.24, 2.45) is 0 Å². The molecular weight excluding hydrogens is 418 g/mol. The summed E-state index contributed by atoms with van der Waals surface area (Å²) in [5.41, 5.74) is 2.01. The normalized spacial score (nSPS) is 11.3. The number of hydrogen-bond acceptors (Lipinski definition) is 1. The summed E-state index contributed by atoms with van der Waals surface area (Å²) < 4.78 is 84.0. The largest absolute Gasteiger partial charge is 0.429 e. The summed E-state index contributed by atoms with van der Waals surface area (Å²) in [5, 5.41) is 0. The summed E-state index contributed by atoms with van der Waals surface area (Å²) in [6.45, 7) is 1.99. The van der Waals surface area contributed by atoms with Gasteiger partial charge >= 0.3 is 6.11 Å². The Kier molecular flexibility index (Phi) is 6.73. The van der Waals surface area contributed by atoms with E-state index in [0.29, 0.717) is 11.1 Å². The maximum absolute atomic E-state index is 14.7. The first-order valence-electron chi connectivity index (χ1n) is 9.48. The van der Waals surface area contributed by atoms with Crippen LogP contribution in [-0.4, -0.2) is 6.11 Å². The molecular formula is C24H18F6O. The summed E-state index contributed by atoms with van der Waals surface area (Å²) >= 11 is 0. The van der Waals surface area contributed by atoms with Crippen LogP contribution in [0.15, 0.2) is 72.8 Å². The molecule has 3 rings (SSSR count). The molecule has 0 aromatic heterocycles. The summed E-state index contributed by atoms with van der Waals surface area (Å²) in [4.78, 5) is 0. The van der Waals surface area contributed by atoms with Gasteiger partial charge < -0.3 is 4.74 Å². The van der Waals surface area contributed by atoms with E-state index in [4.69, 9.17) is 0 Å². The van der Waals surface area contributed by atoms with Gasteiger partial charge in [0, 0.05) is 11.1 Å². The molecule has 0 aliphatic carbocycles. The number of alkyl halides is 2. The number of aryl methyl sites for hydroxylation is 1. The predicted molar refractivity (Wildman–Crippen MR) is 107 cm³/mol. The van der Waals surface area contributed by atoms with E-state index in [-0.39, 0.29) is 16.9 Å². The Labute approximate surface area is 175 Å². The highest BCUT2D eigenvalue weighted by molar-refractivity contribution is 5.71. The first kappa shape index (κ1) is 22.5. The molecule has 0 amide bonds. The number of halogens is 6. The van der Waals surface area contributed by atoms with Gasteiger partial charge in [-0.15, -0.1) is 0 Å². The van der Waals surface area contributed by atoms with Gasteiger partial charge in [0.05, 0.1) is 6.08 Å². The lowest BCUT2D eigenvalue weighted by Gasteiger charge is -2.14. The highest BCUT2D eigenvalue weighted by Gasteiger charge is 2.30. The molecule has 3 aromatic rings. The quantitative estimate of drug-likeness (QED) is 0.341. The molecule has 0 saturated heterocycles. The van der Waals surface area contributed by atoms with Gasteiger partial charge in [0.15, 0.2) is 0 Å². The van der Waals surface area contributed by atoms with Crippen LogP contribution in [-0.2, 0) is 6.42 Å². The number of benzene rings is 3. The SMILES string of the molecule is CCCc1ccc(-c2ccc(-c3ccc(OC(F)(F)C=C(F)F)cc3)c(F)c2)c(F)c1. The molecule has 0 spiro atoms. The molecule has 0 radical (unpaired) electrons. The molecule has 0 heterocycles. The second-order valence-electron chi connectivity index (χ2n) is 6.88. The van der Waals surface area contributed by atoms with Gasteiger partial charge in [-0.1, -0.05) is 49.7 Å². The average Bonchev–Trinajstić information content (AvgIpc) is 2.68. The predicted octanol–water partition coefficient (Wildman–Crippen LogP) is 8.00. The molecule has 0 saturated carbocycles. The Hall–Kier alpha value is -3.22. The first-order chi connectivity index (χ1) is 14.7. The molecule has 3 aromatic carbocycles. The lowest BCUT2D eigenvalue weighted by atomic mass is 9.98. The van der Waals surface area contributed by atoms with E-state index in [2.05, 4.69) is 4.74 Å².